The van der Waals surface area contributed by atoms with E-state index in [1.165, 1.54) is 38.2 Å². The Morgan fingerprint density at radius 2 is 2.00 bits per heavy atom. The Hall–Kier alpha value is -0.640. The molecule has 108 valence electrons. The molecule has 0 aliphatic carbocycles. The summed E-state index contributed by atoms with van der Waals surface area (Å²) in [6.45, 7) is 7.58. The molecule has 1 aromatic heterocycles. The van der Waals surface area contributed by atoms with Gasteiger partial charge in [0.05, 0.1) is 0 Å². The smallest absolute Gasteiger partial charge is 0.0414 e. The van der Waals surface area contributed by atoms with Crippen LogP contribution in [0.2, 0.25) is 0 Å². The summed E-state index contributed by atoms with van der Waals surface area (Å²) in [4.78, 5) is 2.78. The number of halogens is 1. The van der Waals surface area contributed by atoms with Gasteiger partial charge in [-0.1, -0.05) is 47.8 Å². The summed E-state index contributed by atoms with van der Waals surface area (Å²) in [5.74, 6) is 0. The highest BCUT2D eigenvalue weighted by Crippen LogP contribution is 2.37. The number of rotatable bonds is 6. The van der Waals surface area contributed by atoms with E-state index in [1.54, 1.807) is 0 Å². The van der Waals surface area contributed by atoms with E-state index in [4.69, 9.17) is 0 Å². The fourth-order valence-electron chi connectivity index (χ4n) is 2.39. The van der Waals surface area contributed by atoms with E-state index in [1.807, 2.05) is 11.3 Å². The van der Waals surface area contributed by atoms with E-state index in [2.05, 4.69) is 72.3 Å². The molecule has 3 heteroatoms. The summed E-state index contributed by atoms with van der Waals surface area (Å²) >= 11 is 5.57. The quantitative estimate of drug-likeness (QED) is 0.679. The van der Waals surface area contributed by atoms with E-state index in [-0.39, 0.29) is 0 Å². The standard InChI is InChI=1S/C17H22BrNS/c1-4-6-15(19-5-2)17-10-9-16(20-17)13-11-12(3)7-8-14(13)18/h7-11,15,19H,4-6H2,1-3H3. The minimum Gasteiger partial charge on any atom is -0.310 e. The van der Waals surface area contributed by atoms with Gasteiger partial charge < -0.3 is 5.32 Å². The second-order valence-corrected chi connectivity index (χ2v) is 7.05. The molecular formula is C17H22BrNS. The maximum absolute atomic E-state index is 3.67. The molecule has 1 heterocycles. The van der Waals surface area contributed by atoms with Crippen LogP contribution in [0.4, 0.5) is 0 Å². The molecule has 1 nitrogen and oxygen atoms in total. The Kier molecular flexibility index (Phi) is 5.82. The van der Waals surface area contributed by atoms with Crippen LogP contribution in [0.1, 0.15) is 43.2 Å². The van der Waals surface area contributed by atoms with Crippen molar-refractivity contribution in [3.8, 4) is 10.4 Å². The van der Waals surface area contributed by atoms with Crippen LogP contribution >= 0.6 is 27.3 Å². The molecular weight excluding hydrogens is 330 g/mol. The van der Waals surface area contributed by atoms with Crippen LogP contribution in [0.15, 0.2) is 34.8 Å². The second-order valence-electron chi connectivity index (χ2n) is 5.08. The maximum atomic E-state index is 3.67. The van der Waals surface area contributed by atoms with Crippen molar-refractivity contribution in [2.45, 2.75) is 39.7 Å². The van der Waals surface area contributed by atoms with Gasteiger partial charge in [0, 0.05) is 25.8 Å². The molecule has 0 radical (unpaired) electrons. The lowest BCUT2D eigenvalue weighted by atomic mass is 10.1. The van der Waals surface area contributed by atoms with Crippen LogP contribution in [-0.4, -0.2) is 6.54 Å². The first-order chi connectivity index (χ1) is 9.65. The van der Waals surface area contributed by atoms with Gasteiger partial charge in [0.2, 0.25) is 0 Å². The van der Waals surface area contributed by atoms with E-state index in [9.17, 15) is 0 Å². The lowest BCUT2D eigenvalue weighted by Gasteiger charge is -2.15. The fraction of sp³-hybridized carbons (Fsp3) is 0.412. The Balaban J connectivity index is 2.29. The monoisotopic (exact) mass is 351 g/mol. The van der Waals surface area contributed by atoms with E-state index in [0.29, 0.717) is 6.04 Å². The third-order valence-corrected chi connectivity index (χ3v) is 5.31. The molecule has 1 aromatic carbocycles. The zero-order valence-corrected chi connectivity index (χ0v) is 14.8. The fourth-order valence-corrected chi connectivity index (χ4v) is 4.13. The van der Waals surface area contributed by atoms with E-state index in [0.717, 1.165) is 6.54 Å². The predicted molar refractivity (Wildman–Crippen MR) is 93.5 cm³/mol. The molecule has 1 unspecified atom stereocenters. The van der Waals surface area contributed by atoms with Gasteiger partial charge in [0.25, 0.3) is 0 Å². The topological polar surface area (TPSA) is 12.0 Å². The number of benzene rings is 1. The SMILES string of the molecule is CCCC(NCC)c1ccc(-c2cc(C)ccc2Br)s1. The maximum Gasteiger partial charge on any atom is 0.0414 e. The lowest BCUT2D eigenvalue weighted by molar-refractivity contribution is 0.516. The van der Waals surface area contributed by atoms with Gasteiger partial charge in [-0.05, 0) is 44.2 Å². The van der Waals surface area contributed by atoms with Crippen LogP contribution in [0.5, 0.6) is 0 Å². The van der Waals surface area contributed by atoms with Crippen molar-refractivity contribution in [2.75, 3.05) is 6.54 Å². The van der Waals surface area contributed by atoms with E-state index < -0.39 is 0 Å². The molecule has 0 amide bonds. The zero-order chi connectivity index (χ0) is 14.5. The van der Waals surface area contributed by atoms with Gasteiger partial charge >= 0.3 is 0 Å². The van der Waals surface area contributed by atoms with Gasteiger partial charge in [-0.3, -0.25) is 0 Å². The molecule has 1 N–H and O–H groups in total. The van der Waals surface area contributed by atoms with Crippen molar-refractivity contribution in [2.24, 2.45) is 0 Å². The van der Waals surface area contributed by atoms with Gasteiger partial charge in [0.1, 0.15) is 0 Å². The van der Waals surface area contributed by atoms with E-state index >= 15 is 0 Å². The summed E-state index contributed by atoms with van der Waals surface area (Å²) in [5.41, 5.74) is 2.60. The first kappa shape index (κ1) is 15.7. The first-order valence-corrected chi connectivity index (χ1v) is 8.86. The molecule has 20 heavy (non-hydrogen) atoms. The summed E-state index contributed by atoms with van der Waals surface area (Å²) in [7, 11) is 0. The predicted octanol–water partition coefficient (Wildman–Crippen LogP) is 5.94. The van der Waals surface area contributed by atoms with Crippen molar-refractivity contribution in [3.63, 3.8) is 0 Å². The minimum atomic E-state index is 0.493. The van der Waals surface area contributed by atoms with Gasteiger partial charge in [-0.15, -0.1) is 11.3 Å². The minimum absolute atomic E-state index is 0.493. The average molecular weight is 352 g/mol. The first-order valence-electron chi connectivity index (χ1n) is 7.25. The summed E-state index contributed by atoms with van der Waals surface area (Å²) in [6, 6.07) is 11.5. The number of nitrogens with one attached hydrogen (secondary N) is 1. The van der Waals surface area contributed by atoms with Crippen molar-refractivity contribution < 1.29 is 0 Å². The zero-order valence-electron chi connectivity index (χ0n) is 12.4. The van der Waals surface area contributed by atoms with Crippen LogP contribution in [-0.2, 0) is 0 Å². The number of hydrogen-bond acceptors (Lipinski definition) is 2. The molecule has 0 saturated carbocycles. The third-order valence-electron chi connectivity index (χ3n) is 3.39. The molecule has 2 aromatic rings. The Morgan fingerprint density at radius 1 is 1.20 bits per heavy atom. The van der Waals surface area contributed by atoms with Gasteiger partial charge in [0.15, 0.2) is 0 Å². The normalized spacial score (nSPS) is 12.6. The molecule has 1 atom stereocenters. The van der Waals surface area contributed by atoms with Crippen LogP contribution in [0.25, 0.3) is 10.4 Å². The molecule has 0 aliphatic rings. The largest absolute Gasteiger partial charge is 0.310 e. The molecule has 0 saturated heterocycles. The van der Waals surface area contributed by atoms with Crippen molar-refractivity contribution in [3.05, 3.63) is 45.2 Å². The number of hydrogen-bond donors (Lipinski definition) is 1. The highest BCUT2D eigenvalue weighted by Gasteiger charge is 2.13. The van der Waals surface area contributed by atoms with Gasteiger partial charge in [-0.2, -0.15) is 0 Å². The van der Waals surface area contributed by atoms with Crippen molar-refractivity contribution >= 4 is 27.3 Å². The molecule has 0 bridgehead atoms. The average Bonchev–Trinajstić information content (AvgIpc) is 2.91. The van der Waals surface area contributed by atoms with Crippen LogP contribution < -0.4 is 5.32 Å². The van der Waals surface area contributed by atoms with Crippen LogP contribution in [0, 0.1) is 6.92 Å². The van der Waals surface area contributed by atoms with Crippen molar-refractivity contribution in [1.29, 1.82) is 0 Å². The summed E-state index contributed by atoms with van der Waals surface area (Å²) < 4.78 is 1.17. The van der Waals surface area contributed by atoms with Crippen LogP contribution in [0.3, 0.4) is 0 Å². The second kappa shape index (κ2) is 7.39. The highest BCUT2D eigenvalue weighted by molar-refractivity contribution is 9.10. The lowest BCUT2D eigenvalue weighted by Crippen LogP contribution is -2.19. The Bertz CT molecular complexity index is 556. The van der Waals surface area contributed by atoms with Crippen molar-refractivity contribution in [1.82, 2.24) is 5.32 Å². The Labute approximate surface area is 134 Å². The number of aryl methyl sites for hydroxylation is 1. The molecule has 0 fully saturated rings. The molecule has 0 aliphatic heterocycles. The summed E-state index contributed by atoms with van der Waals surface area (Å²) in [5, 5.41) is 3.59. The number of thiophene rings is 1. The third kappa shape index (κ3) is 3.72. The summed E-state index contributed by atoms with van der Waals surface area (Å²) in [6.07, 6.45) is 2.40. The highest BCUT2D eigenvalue weighted by atomic mass is 79.9. The Morgan fingerprint density at radius 3 is 2.70 bits per heavy atom. The van der Waals surface area contributed by atoms with Gasteiger partial charge in [-0.25, -0.2) is 0 Å². The molecule has 2 rings (SSSR count). The molecule has 0 spiro atoms.